The second-order valence-corrected chi connectivity index (χ2v) is 5.75. The van der Waals surface area contributed by atoms with E-state index in [0.29, 0.717) is 25.9 Å². The summed E-state index contributed by atoms with van der Waals surface area (Å²) in [4.78, 5) is 3.97. The average Bonchev–Trinajstić information content (AvgIpc) is 2.30. The molecule has 0 fully saturated rings. The summed E-state index contributed by atoms with van der Waals surface area (Å²) in [6.45, 7) is 0.946. The number of rotatable bonds is 8. The van der Waals surface area contributed by atoms with Crippen molar-refractivity contribution >= 4 is 10.0 Å². The summed E-state index contributed by atoms with van der Waals surface area (Å²) < 4.78 is 25.6. The van der Waals surface area contributed by atoms with E-state index in [9.17, 15) is 8.42 Å². The van der Waals surface area contributed by atoms with Crippen LogP contribution in [0.5, 0.6) is 0 Å². The largest absolute Gasteiger partial charge is 0.330 e. The molecule has 1 aromatic rings. The molecule has 96 valence electrons. The first-order valence-electron chi connectivity index (χ1n) is 5.70. The summed E-state index contributed by atoms with van der Waals surface area (Å²) in [6, 6.07) is 3.76. The number of hydrogen-bond donors (Lipinski definition) is 2. The minimum absolute atomic E-state index is 0.150. The number of nitrogens with one attached hydrogen (secondary N) is 1. The Morgan fingerprint density at radius 2 is 2.18 bits per heavy atom. The molecule has 0 saturated carbocycles. The Morgan fingerprint density at radius 1 is 1.35 bits per heavy atom. The van der Waals surface area contributed by atoms with Crippen molar-refractivity contribution in [3.05, 3.63) is 30.1 Å². The van der Waals surface area contributed by atoms with Gasteiger partial charge in [-0.25, -0.2) is 13.1 Å². The standard InChI is InChI=1S/C11H19N3O2S/c12-6-1-2-9-17(15,16)14-8-5-11-4-3-7-13-10-11/h3-4,7,10,14H,1-2,5-6,8-9,12H2. The summed E-state index contributed by atoms with van der Waals surface area (Å²) >= 11 is 0. The molecule has 1 heterocycles. The third kappa shape index (κ3) is 6.35. The predicted octanol–water partition coefficient (Wildman–Crippen LogP) is 0.282. The van der Waals surface area contributed by atoms with Crippen LogP contribution in [0, 0.1) is 0 Å². The first-order valence-corrected chi connectivity index (χ1v) is 7.35. The third-order valence-electron chi connectivity index (χ3n) is 2.33. The van der Waals surface area contributed by atoms with Crippen LogP contribution in [-0.4, -0.2) is 32.2 Å². The maximum atomic E-state index is 11.5. The maximum absolute atomic E-state index is 11.5. The Bertz CT molecular complexity index is 406. The Kier molecular flexibility index (Phi) is 6.10. The van der Waals surface area contributed by atoms with E-state index < -0.39 is 10.0 Å². The van der Waals surface area contributed by atoms with Crippen molar-refractivity contribution in [2.75, 3.05) is 18.8 Å². The van der Waals surface area contributed by atoms with Gasteiger partial charge in [0.25, 0.3) is 0 Å². The molecule has 0 unspecified atom stereocenters. The highest BCUT2D eigenvalue weighted by atomic mass is 32.2. The lowest BCUT2D eigenvalue weighted by Gasteiger charge is -2.06. The van der Waals surface area contributed by atoms with Gasteiger partial charge in [0.2, 0.25) is 10.0 Å². The average molecular weight is 257 g/mol. The van der Waals surface area contributed by atoms with Crippen molar-refractivity contribution < 1.29 is 8.42 Å². The molecule has 0 bridgehead atoms. The van der Waals surface area contributed by atoms with Crippen molar-refractivity contribution in [1.82, 2.24) is 9.71 Å². The molecular weight excluding hydrogens is 238 g/mol. The lowest BCUT2D eigenvalue weighted by atomic mass is 10.2. The summed E-state index contributed by atoms with van der Waals surface area (Å²) in [5.41, 5.74) is 6.34. The van der Waals surface area contributed by atoms with Crippen molar-refractivity contribution in [3.63, 3.8) is 0 Å². The van der Waals surface area contributed by atoms with Gasteiger partial charge in [-0.2, -0.15) is 0 Å². The number of sulfonamides is 1. The minimum Gasteiger partial charge on any atom is -0.330 e. The van der Waals surface area contributed by atoms with Gasteiger partial charge in [0, 0.05) is 18.9 Å². The van der Waals surface area contributed by atoms with E-state index in [2.05, 4.69) is 9.71 Å². The molecule has 0 aliphatic heterocycles. The maximum Gasteiger partial charge on any atom is 0.211 e. The highest BCUT2D eigenvalue weighted by molar-refractivity contribution is 7.89. The minimum atomic E-state index is -3.15. The van der Waals surface area contributed by atoms with Crippen LogP contribution in [0.2, 0.25) is 0 Å². The normalized spacial score (nSPS) is 11.6. The van der Waals surface area contributed by atoms with E-state index in [1.54, 1.807) is 12.4 Å². The van der Waals surface area contributed by atoms with Crippen LogP contribution in [-0.2, 0) is 16.4 Å². The topological polar surface area (TPSA) is 85.1 Å². The van der Waals surface area contributed by atoms with E-state index >= 15 is 0 Å². The number of aromatic nitrogens is 1. The first kappa shape index (κ1) is 14.1. The van der Waals surface area contributed by atoms with E-state index in [-0.39, 0.29) is 5.75 Å². The molecule has 3 N–H and O–H groups in total. The van der Waals surface area contributed by atoms with Crippen LogP contribution in [0.1, 0.15) is 18.4 Å². The van der Waals surface area contributed by atoms with Crippen LogP contribution in [0.3, 0.4) is 0 Å². The summed E-state index contributed by atoms with van der Waals surface area (Å²) in [6.07, 6.45) is 5.44. The molecular formula is C11H19N3O2S. The zero-order valence-corrected chi connectivity index (χ0v) is 10.6. The fourth-order valence-electron chi connectivity index (χ4n) is 1.41. The molecule has 0 aromatic carbocycles. The van der Waals surface area contributed by atoms with E-state index in [1.807, 2.05) is 12.1 Å². The van der Waals surface area contributed by atoms with Crippen LogP contribution in [0.15, 0.2) is 24.5 Å². The van der Waals surface area contributed by atoms with Crippen LogP contribution in [0.25, 0.3) is 0 Å². The Labute approximate surface area is 102 Å². The lowest BCUT2D eigenvalue weighted by molar-refractivity contribution is 0.577. The number of unbranched alkanes of at least 4 members (excludes halogenated alkanes) is 1. The van der Waals surface area contributed by atoms with Crippen LogP contribution in [0.4, 0.5) is 0 Å². The fourth-order valence-corrected chi connectivity index (χ4v) is 2.55. The highest BCUT2D eigenvalue weighted by Crippen LogP contribution is 1.97. The van der Waals surface area contributed by atoms with Gasteiger partial charge in [0.15, 0.2) is 0 Å². The zero-order chi connectivity index (χ0) is 12.6. The van der Waals surface area contributed by atoms with E-state index in [4.69, 9.17) is 5.73 Å². The van der Waals surface area contributed by atoms with Crippen molar-refractivity contribution in [2.24, 2.45) is 5.73 Å². The van der Waals surface area contributed by atoms with Gasteiger partial charge in [0.05, 0.1) is 5.75 Å². The number of hydrogen-bond acceptors (Lipinski definition) is 4. The molecule has 6 heteroatoms. The summed E-state index contributed by atoms with van der Waals surface area (Å²) in [5, 5.41) is 0. The Balaban J connectivity index is 2.26. The van der Waals surface area contributed by atoms with Gasteiger partial charge in [-0.1, -0.05) is 6.07 Å². The first-order chi connectivity index (χ1) is 8.14. The molecule has 1 aromatic heterocycles. The molecule has 0 amide bonds. The van der Waals surface area contributed by atoms with Gasteiger partial charge in [-0.15, -0.1) is 0 Å². The van der Waals surface area contributed by atoms with Crippen LogP contribution < -0.4 is 10.5 Å². The SMILES string of the molecule is NCCCCS(=O)(=O)NCCc1cccnc1. The van der Waals surface area contributed by atoms with Gasteiger partial charge >= 0.3 is 0 Å². The van der Waals surface area contributed by atoms with Gasteiger partial charge in [0.1, 0.15) is 0 Å². The van der Waals surface area contributed by atoms with Gasteiger partial charge < -0.3 is 5.73 Å². The van der Waals surface area contributed by atoms with Crippen molar-refractivity contribution in [2.45, 2.75) is 19.3 Å². The predicted molar refractivity (Wildman–Crippen MR) is 68.0 cm³/mol. The highest BCUT2D eigenvalue weighted by Gasteiger charge is 2.08. The van der Waals surface area contributed by atoms with Crippen LogP contribution >= 0.6 is 0 Å². The molecule has 0 radical (unpaired) electrons. The molecule has 17 heavy (non-hydrogen) atoms. The van der Waals surface area contributed by atoms with E-state index in [1.165, 1.54) is 0 Å². The Morgan fingerprint density at radius 3 is 2.82 bits per heavy atom. The molecule has 0 aliphatic rings. The van der Waals surface area contributed by atoms with Gasteiger partial charge in [-0.05, 0) is 37.4 Å². The lowest BCUT2D eigenvalue weighted by Crippen LogP contribution is -2.28. The molecule has 0 atom stereocenters. The zero-order valence-electron chi connectivity index (χ0n) is 9.80. The van der Waals surface area contributed by atoms with Crippen molar-refractivity contribution in [3.8, 4) is 0 Å². The van der Waals surface area contributed by atoms with Crippen molar-refractivity contribution in [1.29, 1.82) is 0 Å². The fraction of sp³-hybridized carbons (Fsp3) is 0.545. The summed E-state index contributed by atoms with van der Waals surface area (Å²) in [7, 11) is -3.15. The smallest absolute Gasteiger partial charge is 0.211 e. The van der Waals surface area contributed by atoms with E-state index in [0.717, 1.165) is 12.0 Å². The second-order valence-electron chi connectivity index (χ2n) is 3.82. The third-order valence-corrected chi connectivity index (χ3v) is 3.80. The molecule has 0 aliphatic carbocycles. The second kappa shape index (κ2) is 7.37. The number of nitrogens with two attached hydrogens (primary N) is 1. The molecule has 1 rings (SSSR count). The summed E-state index contributed by atoms with van der Waals surface area (Å²) in [5.74, 6) is 0.150. The van der Waals surface area contributed by atoms with Gasteiger partial charge in [-0.3, -0.25) is 4.98 Å². The molecule has 0 spiro atoms. The molecule has 5 nitrogen and oxygen atoms in total. The monoisotopic (exact) mass is 257 g/mol. The number of pyridine rings is 1. The number of nitrogens with zero attached hydrogens (tertiary/aromatic N) is 1. The quantitative estimate of drug-likeness (QED) is 0.655. The Hall–Kier alpha value is -0.980. The molecule has 0 saturated heterocycles.